The van der Waals surface area contributed by atoms with E-state index in [0.717, 1.165) is 25.3 Å². The van der Waals surface area contributed by atoms with Crippen LogP contribution in [0.4, 0.5) is 4.79 Å². The minimum Gasteiger partial charge on any atom is -0.441 e. The van der Waals surface area contributed by atoms with Gasteiger partial charge in [-0.2, -0.15) is 0 Å². The largest absolute Gasteiger partial charge is 0.441 e. The van der Waals surface area contributed by atoms with Crippen molar-refractivity contribution in [1.82, 2.24) is 5.32 Å². The highest BCUT2D eigenvalue weighted by molar-refractivity contribution is 5.70. The van der Waals surface area contributed by atoms with Crippen LogP contribution in [0.5, 0.6) is 0 Å². The van der Waals surface area contributed by atoms with Gasteiger partial charge in [0.25, 0.3) is 0 Å². The molecular weight excluding hydrogens is 178 g/mol. The number of alkyl carbamates (subject to hydrolysis) is 1. The van der Waals surface area contributed by atoms with E-state index in [2.05, 4.69) is 12.2 Å². The highest BCUT2D eigenvalue weighted by atomic mass is 16.6. The van der Waals surface area contributed by atoms with Crippen LogP contribution in [-0.4, -0.2) is 18.2 Å². The fraction of sp³-hybridized carbons (Fsp3) is 0.909. The molecule has 80 valence electrons. The summed E-state index contributed by atoms with van der Waals surface area (Å²) < 4.78 is 5.41. The van der Waals surface area contributed by atoms with Crippen LogP contribution in [0.15, 0.2) is 0 Å². The number of hydrogen-bond acceptors (Lipinski definition) is 2. The van der Waals surface area contributed by atoms with Crippen LogP contribution in [0.25, 0.3) is 0 Å². The van der Waals surface area contributed by atoms with Gasteiger partial charge in [0.1, 0.15) is 5.60 Å². The van der Waals surface area contributed by atoms with E-state index < -0.39 is 0 Å². The number of carbonyl (C=O) groups is 1. The van der Waals surface area contributed by atoms with Crippen molar-refractivity contribution in [3.63, 3.8) is 0 Å². The van der Waals surface area contributed by atoms with E-state index in [0.29, 0.717) is 0 Å². The van der Waals surface area contributed by atoms with Crippen LogP contribution in [0.3, 0.4) is 0 Å². The Bertz CT molecular complexity index is 229. The fourth-order valence-electron chi connectivity index (χ4n) is 2.64. The molecule has 1 aliphatic heterocycles. The SMILES string of the molecule is CCC1CCCC2(CC1)CNC(=O)O2. The standard InChI is InChI=1S/C11H19NO2/c1-2-9-4-3-6-11(7-5-9)8-12-10(13)14-11/h9H,2-8H2,1H3,(H,12,13). The molecule has 2 rings (SSSR count). The quantitative estimate of drug-likeness (QED) is 0.701. The minimum absolute atomic E-state index is 0.152. The van der Waals surface area contributed by atoms with Crippen LogP contribution >= 0.6 is 0 Å². The summed E-state index contributed by atoms with van der Waals surface area (Å²) in [5, 5.41) is 2.78. The Kier molecular flexibility index (Phi) is 2.66. The zero-order chi connectivity index (χ0) is 10.0. The lowest BCUT2D eigenvalue weighted by atomic mass is 9.93. The van der Waals surface area contributed by atoms with Crippen molar-refractivity contribution in [2.45, 2.75) is 51.0 Å². The second-order valence-corrected chi connectivity index (χ2v) is 4.63. The number of amides is 1. The summed E-state index contributed by atoms with van der Waals surface area (Å²) in [7, 11) is 0. The molecule has 1 saturated heterocycles. The molecule has 1 saturated carbocycles. The van der Waals surface area contributed by atoms with Crippen molar-refractivity contribution < 1.29 is 9.53 Å². The molecule has 0 radical (unpaired) electrons. The van der Waals surface area contributed by atoms with E-state index >= 15 is 0 Å². The molecule has 1 aliphatic carbocycles. The summed E-state index contributed by atoms with van der Waals surface area (Å²) in [6.07, 6.45) is 6.85. The highest BCUT2D eigenvalue weighted by Crippen LogP contribution is 2.35. The van der Waals surface area contributed by atoms with Crippen molar-refractivity contribution in [3.8, 4) is 0 Å². The average molecular weight is 197 g/mol. The Balaban J connectivity index is 1.97. The van der Waals surface area contributed by atoms with Gasteiger partial charge in [0.05, 0.1) is 6.54 Å². The number of rotatable bonds is 1. The highest BCUT2D eigenvalue weighted by Gasteiger charge is 2.41. The van der Waals surface area contributed by atoms with Crippen molar-refractivity contribution in [3.05, 3.63) is 0 Å². The molecule has 2 fully saturated rings. The summed E-state index contributed by atoms with van der Waals surface area (Å²) in [6, 6.07) is 0. The molecule has 0 aromatic carbocycles. The van der Waals surface area contributed by atoms with Gasteiger partial charge in [-0.05, 0) is 31.6 Å². The molecule has 2 atom stereocenters. The molecule has 2 aliphatic rings. The van der Waals surface area contributed by atoms with E-state index in [9.17, 15) is 4.79 Å². The minimum atomic E-state index is -0.222. The first kappa shape index (κ1) is 9.81. The summed E-state index contributed by atoms with van der Waals surface area (Å²) in [6.45, 7) is 2.98. The van der Waals surface area contributed by atoms with Gasteiger partial charge in [-0.1, -0.05) is 19.8 Å². The Labute approximate surface area is 85.2 Å². The van der Waals surface area contributed by atoms with Crippen LogP contribution in [-0.2, 0) is 4.74 Å². The molecule has 3 nitrogen and oxygen atoms in total. The van der Waals surface area contributed by atoms with Crippen LogP contribution < -0.4 is 5.32 Å². The van der Waals surface area contributed by atoms with Crippen LogP contribution in [0, 0.1) is 5.92 Å². The van der Waals surface area contributed by atoms with Gasteiger partial charge in [-0.3, -0.25) is 0 Å². The monoisotopic (exact) mass is 197 g/mol. The maximum absolute atomic E-state index is 11.0. The van der Waals surface area contributed by atoms with Gasteiger partial charge in [0, 0.05) is 0 Å². The van der Waals surface area contributed by atoms with E-state index in [1.54, 1.807) is 0 Å². The average Bonchev–Trinajstić information content (AvgIpc) is 2.44. The van der Waals surface area contributed by atoms with Gasteiger partial charge in [-0.15, -0.1) is 0 Å². The van der Waals surface area contributed by atoms with Crippen LogP contribution in [0.2, 0.25) is 0 Å². The molecule has 0 bridgehead atoms. The Morgan fingerprint density at radius 3 is 3.00 bits per heavy atom. The third kappa shape index (κ3) is 1.86. The Morgan fingerprint density at radius 2 is 2.36 bits per heavy atom. The first-order valence-corrected chi connectivity index (χ1v) is 5.71. The molecule has 1 heterocycles. The Morgan fingerprint density at radius 1 is 1.50 bits per heavy atom. The number of ether oxygens (including phenoxy) is 1. The zero-order valence-corrected chi connectivity index (χ0v) is 8.84. The predicted molar refractivity (Wildman–Crippen MR) is 54.1 cm³/mol. The normalized spacial score (nSPS) is 37.8. The second kappa shape index (κ2) is 3.79. The molecule has 1 N–H and O–H groups in total. The predicted octanol–water partition coefficient (Wildman–Crippen LogP) is 2.46. The summed E-state index contributed by atoms with van der Waals surface area (Å²) in [5.74, 6) is 0.841. The van der Waals surface area contributed by atoms with Gasteiger partial charge < -0.3 is 10.1 Å². The maximum Gasteiger partial charge on any atom is 0.407 e. The third-order valence-electron chi connectivity index (χ3n) is 3.69. The smallest absolute Gasteiger partial charge is 0.407 e. The van der Waals surface area contributed by atoms with Crippen molar-refractivity contribution in [2.24, 2.45) is 5.92 Å². The molecule has 2 unspecified atom stereocenters. The lowest BCUT2D eigenvalue weighted by Gasteiger charge is -2.24. The van der Waals surface area contributed by atoms with E-state index in [-0.39, 0.29) is 11.7 Å². The molecule has 1 spiro atoms. The molecule has 3 heteroatoms. The first-order valence-electron chi connectivity index (χ1n) is 5.71. The van der Waals surface area contributed by atoms with Crippen molar-refractivity contribution >= 4 is 6.09 Å². The van der Waals surface area contributed by atoms with Crippen LogP contribution in [0.1, 0.15) is 45.4 Å². The van der Waals surface area contributed by atoms with Crippen molar-refractivity contribution in [2.75, 3.05) is 6.54 Å². The van der Waals surface area contributed by atoms with Crippen molar-refractivity contribution in [1.29, 1.82) is 0 Å². The number of carbonyl (C=O) groups excluding carboxylic acids is 1. The van der Waals surface area contributed by atoms with E-state index in [1.807, 2.05) is 0 Å². The summed E-state index contributed by atoms with van der Waals surface area (Å²) in [5.41, 5.74) is -0.152. The summed E-state index contributed by atoms with van der Waals surface area (Å²) in [4.78, 5) is 11.0. The van der Waals surface area contributed by atoms with Gasteiger partial charge >= 0.3 is 6.09 Å². The van der Waals surface area contributed by atoms with Gasteiger partial charge in [0.15, 0.2) is 0 Å². The van der Waals surface area contributed by atoms with Gasteiger partial charge in [-0.25, -0.2) is 4.79 Å². The lowest BCUT2D eigenvalue weighted by Crippen LogP contribution is -2.32. The topological polar surface area (TPSA) is 38.3 Å². The van der Waals surface area contributed by atoms with E-state index in [1.165, 1.54) is 25.7 Å². The number of nitrogens with one attached hydrogen (secondary N) is 1. The summed E-state index contributed by atoms with van der Waals surface area (Å²) >= 11 is 0. The number of hydrogen-bond donors (Lipinski definition) is 1. The Hall–Kier alpha value is -0.730. The van der Waals surface area contributed by atoms with Gasteiger partial charge in [0.2, 0.25) is 0 Å². The first-order chi connectivity index (χ1) is 6.74. The zero-order valence-electron chi connectivity index (χ0n) is 8.84. The third-order valence-corrected chi connectivity index (χ3v) is 3.69. The molecule has 14 heavy (non-hydrogen) atoms. The lowest BCUT2D eigenvalue weighted by molar-refractivity contribution is 0.0433. The fourth-order valence-corrected chi connectivity index (χ4v) is 2.64. The molecule has 0 aromatic rings. The maximum atomic E-state index is 11.0. The second-order valence-electron chi connectivity index (χ2n) is 4.63. The molecule has 1 amide bonds. The molecular formula is C11H19NO2. The molecule has 0 aromatic heterocycles. The van der Waals surface area contributed by atoms with E-state index in [4.69, 9.17) is 4.74 Å².